The Balaban J connectivity index is 2.13. The van der Waals surface area contributed by atoms with Crippen LogP contribution in [0.2, 0.25) is 0 Å². The molecule has 0 saturated heterocycles. The van der Waals surface area contributed by atoms with Gasteiger partial charge in [0.25, 0.3) is 0 Å². The Hall–Kier alpha value is -1.20. The smallest absolute Gasteiger partial charge is 0.317 e. The van der Waals surface area contributed by atoms with Gasteiger partial charge in [-0.3, -0.25) is 0 Å². The van der Waals surface area contributed by atoms with Crippen LogP contribution in [0, 0.1) is 0 Å². The Morgan fingerprint density at radius 1 is 1.35 bits per heavy atom. The van der Waals surface area contributed by atoms with E-state index in [2.05, 4.69) is 17.4 Å². The molecule has 112 valence electrons. The standard InChI is InChI=1S/C15H24N2O2S/c1-15(2,19)12-17(3)14(18)16-10-7-11-20-13-8-5-4-6-9-13/h4-6,8-9,19H,7,10-12H2,1-3H3,(H,16,18). The molecule has 0 bridgehead atoms. The number of aliphatic hydroxyl groups is 1. The van der Waals surface area contributed by atoms with Crippen LogP contribution in [0.1, 0.15) is 20.3 Å². The van der Waals surface area contributed by atoms with Gasteiger partial charge in [-0.05, 0) is 38.2 Å². The first-order chi connectivity index (χ1) is 9.38. The number of hydrogen-bond donors (Lipinski definition) is 2. The predicted octanol–water partition coefficient (Wildman–Crippen LogP) is 2.58. The highest BCUT2D eigenvalue weighted by Gasteiger charge is 2.18. The van der Waals surface area contributed by atoms with Crippen LogP contribution < -0.4 is 5.32 Å². The summed E-state index contributed by atoms with van der Waals surface area (Å²) < 4.78 is 0. The maximum Gasteiger partial charge on any atom is 0.317 e. The van der Waals surface area contributed by atoms with Crippen LogP contribution in [0.3, 0.4) is 0 Å². The Kier molecular flexibility index (Phi) is 6.88. The van der Waals surface area contributed by atoms with Crippen molar-refractivity contribution in [3.8, 4) is 0 Å². The molecular formula is C15H24N2O2S. The van der Waals surface area contributed by atoms with Crippen molar-refractivity contribution < 1.29 is 9.90 Å². The average molecular weight is 296 g/mol. The highest BCUT2D eigenvalue weighted by atomic mass is 32.2. The van der Waals surface area contributed by atoms with Gasteiger partial charge in [0.2, 0.25) is 0 Å². The summed E-state index contributed by atoms with van der Waals surface area (Å²) in [6.45, 7) is 4.34. The molecule has 2 N–H and O–H groups in total. The van der Waals surface area contributed by atoms with Gasteiger partial charge in [-0.15, -0.1) is 11.8 Å². The summed E-state index contributed by atoms with van der Waals surface area (Å²) in [5, 5.41) is 12.5. The van der Waals surface area contributed by atoms with Crippen LogP contribution in [0.15, 0.2) is 35.2 Å². The number of urea groups is 1. The zero-order chi connectivity index (χ0) is 15.0. The van der Waals surface area contributed by atoms with Gasteiger partial charge >= 0.3 is 6.03 Å². The summed E-state index contributed by atoms with van der Waals surface area (Å²) in [5.41, 5.74) is -0.866. The van der Waals surface area contributed by atoms with Crippen LogP contribution in [-0.2, 0) is 0 Å². The second kappa shape index (κ2) is 8.17. The normalized spacial score (nSPS) is 11.2. The fourth-order valence-corrected chi connectivity index (χ4v) is 2.64. The number of hydrogen-bond acceptors (Lipinski definition) is 3. The summed E-state index contributed by atoms with van der Waals surface area (Å²) in [7, 11) is 1.69. The Morgan fingerprint density at radius 3 is 2.60 bits per heavy atom. The minimum absolute atomic E-state index is 0.142. The van der Waals surface area contributed by atoms with E-state index in [9.17, 15) is 9.90 Å². The van der Waals surface area contributed by atoms with Crippen molar-refractivity contribution in [1.29, 1.82) is 0 Å². The predicted molar refractivity (Wildman–Crippen MR) is 84.1 cm³/mol. The first-order valence-electron chi connectivity index (χ1n) is 6.78. The Bertz CT molecular complexity index is 404. The fourth-order valence-electron chi connectivity index (χ4n) is 1.76. The SMILES string of the molecule is CN(CC(C)(C)O)C(=O)NCCCSc1ccccc1. The second-order valence-electron chi connectivity index (χ2n) is 5.42. The van der Waals surface area contributed by atoms with Gasteiger partial charge in [0.1, 0.15) is 0 Å². The number of amides is 2. The lowest BCUT2D eigenvalue weighted by Crippen LogP contribution is -2.44. The van der Waals surface area contributed by atoms with E-state index in [1.165, 1.54) is 9.80 Å². The quantitative estimate of drug-likeness (QED) is 0.600. The van der Waals surface area contributed by atoms with Crippen molar-refractivity contribution in [2.75, 3.05) is 25.9 Å². The van der Waals surface area contributed by atoms with Crippen molar-refractivity contribution in [2.45, 2.75) is 30.8 Å². The molecule has 0 radical (unpaired) electrons. The lowest BCUT2D eigenvalue weighted by atomic mass is 10.1. The maximum atomic E-state index is 11.8. The molecule has 4 nitrogen and oxygen atoms in total. The van der Waals surface area contributed by atoms with E-state index in [1.54, 1.807) is 32.7 Å². The van der Waals surface area contributed by atoms with Crippen molar-refractivity contribution >= 4 is 17.8 Å². The van der Waals surface area contributed by atoms with Crippen LogP contribution in [-0.4, -0.2) is 47.5 Å². The number of carbonyl (C=O) groups excluding carboxylic acids is 1. The van der Waals surface area contributed by atoms with Crippen LogP contribution in [0.4, 0.5) is 4.79 Å². The second-order valence-corrected chi connectivity index (χ2v) is 6.58. The summed E-state index contributed by atoms with van der Waals surface area (Å²) >= 11 is 1.79. The minimum atomic E-state index is -0.866. The molecule has 0 heterocycles. The lowest BCUT2D eigenvalue weighted by molar-refractivity contribution is 0.0532. The van der Waals surface area contributed by atoms with Gasteiger partial charge in [0.05, 0.1) is 12.1 Å². The third kappa shape index (κ3) is 7.40. The van der Waals surface area contributed by atoms with Crippen LogP contribution in [0.25, 0.3) is 0 Å². The molecule has 20 heavy (non-hydrogen) atoms. The topological polar surface area (TPSA) is 52.6 Å². The van der Waals surface area contributed by atoms with E-state index in [0.29, 0.717) is 13.1 Å². The van der Waals surface area contributed by atoms with E-state index in [1.807, 2.05) is 18.2 Å². The molecule has 0 aliphatic rings. The minimum Gasteiger partial charge on any atom is -0.389 e. The van der Waals surface area contributed by atoms with Gasteiger partial charge in [-0.1, -0.05) is 18.2 Å². The summed E-state index contributed by atoms with van der Waals surface area (Å²) in [6.07, 6.45) is 0.918. The number of nitrogens with zero attached hydrogens (tertiary/aromatic N) is 1. The molecule has 0 aromatic heterocycles. The number of benzene rings is 1. The van der Waals surface area contributed by atoms with Gasteiger partial charge in [0, 0.05) is 18.5 Å². The highest BCUT2D eigenvalue weighted by molar-refractivity contribution is 7.99. The maximum absolute atomic E-state index is 11.8. The van der Waals surface area contributed by atoms with Gasteiger partial charge < -0.3 is 15.3 Å². The third-order valence-corrected chi connectivity index (χ3v) is 3.68. The number of thioether (sulfide) groups is 1. The first kappa shape index (κ1) is 16.9. The zero-order valence-corrected chi connectivity index (χ0v) is 13.2. The Morgan fingerprint density at radius 2 is 2.00 bits per heavy atom. The van der Waals surface area contributed by atoms with Crippen LogP contribution >= 0.6 is 11.8 Å². The zero-order valence-electron chi connectivity index (χ0n) is 12.4. The van der Waals surface area contributed by atoms with Crippen molar-refractivity contribution in [2.24, 2.45) is 0 Å². The molecule has 2 amide bonds. The van der Waals surface area contributed by atoms with Crippen molar-refractivity contribution in [1.82, 2.24) is 10.2 Å². The summed E-state index contributed by atoms with van der Waals surface area (Å²) in [4.78, 5) is 14.5. The molecule has 0 spiro atoms. The van der Waals surface area contributed by atoms with Crippen molar-refractivity contribution in [3.05, 3.63) is 30.3 Å². The Labute approximate surface area is 125 Å². The molecule has 0 aliphatic carbocycles. The van der Waals surface area contributed by atoms with E-state index in [0.717, 1.165) is 12.2 Å². The molecule has 0 unspecified atom stereocenters. The molecule has 1 aromatic rings. The number of rotatable bonds is 7. The molecular weight excluding hydrogens is 272 g/mol. The number of carbonyl (C=O) groups is 1. The monoisotopic (exact) mass is 296 g/mol. The average Bonchev–Trinajstić information content (AvgIpc) is 2.37. The molecule has 0 atom stereocenters. The third-order valence-electron chi connectivity index (χ3n) is 2.58. The molecule has 1 aromatic carbocycles. The largest absolute Gasteiger partial charge is 0.389 e. The number of likely N-dealkylation sites (N-methyl/N-ethyl adjacent to an activating group) is 1. The summed E-state index contributed by atoms with van der Waals surface area (Å²) in [6, 6.07) is 10.1. The molecule has 0 aliphatic heterocycles. The van der Waals surface area contributed by atoms with Gasteiger partial charge in [0.15, 0.2) is 0 Å². The van der Waals surface area contributed by atoms with E-state index >= 15 is 0 Å². The first-order valence-corrected chi connectivity index (χ1v) is 7.76. The van der Waals surface area contributed by atoms with E-state index in [-0.39, 0.29) is 6.03 Å². The molecule has 5 heteroatoms. The number of nitrogens with one attached hydrogen (secondary N) is 1. The fraction of sp³-hybridized carbons (Fsp3) is 0.533. The molecule has 0 saturated carbocycles. The molecule has 0 fully saturated rings. The van der Waals surface area contributed by atoms with E-state index in [4.69, 9.17) is 0 Å². The van der Waals surface area contributed by atoms with Gasteiger partial charge in [-0.25, -0.2) is 4.79 Å². The summed E-state index contributed by atoms with van der Waals surface area (Å²) in [5.74, 6) is 0.972. The van der Waals surface area contributed by atoms with E-state index < -0.39 is 5.60 Å². The highest BCUT2D eigenvalue weighted by Crippen LogP contribution is 2.17. The van der Waals surface area contributed by atoms with Crippen molar-refractivity contribution in [3.63, 3.8) is 0 Å². The van der Waals surface area contributed by atoms with Gasteiger partial charge in [-0.2, -0.15) is 0 Å². The van der Waals surface area contributed by atoms with Crippen LogP contribution in [0.5, 0.6) is 0 Å². The lowest BCUT2D eigenvalue weighted by Gasteiger charge is -2.25. The molecule has 1 rings (SSSR count).